The Hall–Kier alpha value is -2.38. The molecule has 0 aromatic rings. The average Bonchev–Trinajstić information content (AvgIpc) is 2.73. The molecule has 33 heavy (non-hydrogen) atoms. The molecule has 0 saturated heterocycles. The Morgan fingerprint density at radius 3 is 1.94 bits per heavy atom. The number of carbonyl (C=O) groups excluding carboxylic acids is 3. The predicted octanol–water partition coefficient (Wildman–Crippen LogP) is -1.13. The molecule has 13 heteroatoms. The highest BCUT2D eigenvalue weighted by molar-refractivity contribution is 7.98. The summed E-state index contributed by atoms with van der Waals surface area (Å²) in [5.74, 6) is -4.73. The van der Waals surface area contributed by atoms with Gasteiger partial charge in [-0.1, -0.05) is 13.8 Å². The number of amides is 3. The van der Waals surface area contributed by atoms with Crippen LogP contribution in [0.2, 0.25) is 0 Å². The maximum absolute atomic E-state index is 12.9. The highest BCUT2D eigenvalue weighted by Gasteiger charge is 2.32. The van der Waals surface area contributed by atoms with Gasteiger partial charge >= 0.3 is 11.9 Å². The molecular formula is C20H37N5O7S. The lowest BCUT2D eigenvalue weighted by atomic mass is 10.0. The van der Waals surface area contributed by atoms with Crippen molar-refractivity contribution in [2.24, 2.45) is 17.4 Å². The minimum absolute atomic E-state index is 0.204. The lowest BCUT2D eigenvalue weighted by Gasteiger charge is -2.25. The molecule has 0 aromatic carbocycles. The van der Waals surface area contributed by atoms with Crippen LogP contribution in [0, 0.1) is 5.92 Å². The molecule has 0 aliphatic carbocycles. The predicted molar refractivity (Wildman–Crippen MR) is 124 cm³/mol. The number of carbonyl (C=O) groups is 5. The number of aliphatic carboxylic acids is 2. The van der Waals surface area contributed by atoms with Crippen molar-refractivity contribution >= 4 is 41.4 Å². The van der Waals surface area contributed by atoms with Gasteiger partial charge in [-0.05, 0) is 50.2 Å². The largest absolute Gasteiger partial charge is 0.481 e. The van der Waals surface area contributed by atoms with Crippen LogP contribution < -0.4 is 27.4 Å². The van der Waals surface area contributed by atoms with Crippen LogP contribution in [0.25, 0.3) is 0 Å². The molecule has 0 rings (SSSR count). The molecule has 3 amide bonds. The summed E-state index contributed by atoms with van der Waals surface area (Å²) < 4.78 is 0. The number of rotatable bonds is 17. The van der Waals surface area contributed by atoms with Gasteiger partial charge in [-0.15, -0.1) is 0 Å². The van der Waals surface area contributed by atoms with Gasteiger partial charge in [0.15, 0.2) is 0 Å². The molecule has 0 radical (unpaired) electrons. The van der Waals surface area contributed by atoms with Crippen molar-refractivity contribution in [3.8, 4) is 0 Å². The summed E-state index contributed by atoms with van der Waals surface area (Å²) in [5.41, 5.74) is 11.3. The average molecular weight is 492 g/mol. The SMILES string of the molecule is CSCCC(N)C(=O)NC(CCCCN)C(=O)NC(CC(=O)O)C(=O)NC(C(=O)O)C(C)C. The van der Waals surface area contributed by atoms with E-state index in [2.05, 4.69) is 16.0 Å². The summed E-state index contributed by atoms with van der Waals surface area (Å²) >= 11 is 1.52. The van der Waals surface area contributed by atoms with Gasteiger partial charge in [-0.3, -0.25) is 19.2 Å². The first kappa shape index (κ1) is 30.6. The fraction of sp³-hybridized carbons (Fsp3) is 0.750. The smallest absolute Gasteiger partial charge is 0.326 e. The Bertz CT molecular complexity index is 677. The number of carboxylic acids is 2. The van der Waals surface area contributed by atoms with E-state index in [4.69, 9.17) is 16.6 Å². The van der Waals surface area contributed by atoms with Crippen LogP contribution in [0.1, 0.15) is 46.0 Å². The van der Waals surface area contributed by atoms with E-state index < -0.39 is 66.2 Å². The van der Waals surface area contributed by atoms with Crippen LogP contribution in [-0.2, 0) is 24.0 Å². The Morgan fingerprint density at radius 1 is 0.879 bits per heavy atom. The summed E-state index contributed by atoms with van der Waals surface area (Å²) in [7, 11) is 0. The van der Waals surface area contributed by atoms with Gasteiger partial charge in [0.05, 0.1) is 12.5 Å². The number of unbranched alkanes of at least 4 members (excludes halogenated alkanes) is 1. The molecule has 4 unspecified atom stereocenters. The molecule has 9 N–H and O–H groups in total. The summed E-state index contributed by atoms with van der Waals surface area (Å²) in [4.78, 5) is 60.5. The van der Waals surface area contributed by atoms with Crippen LogP contribution in [0.15, 0.2) is 0 Å². The van der Waals surface area contributed by atoms with Gasteiger partial charge in [0.2, 0.25) is 17.7 Å². The molecule has 4 atom stereocenters. The minimum atomic E-state index is -1.53. The lowest BCUT2D eigenvalue weighted by Crippen LogP contribution is -2.58. The van der Waals surface area contributed by atoms with Gasteiger partial charge < -0.3 is 37.6 Å². The van der Waals surface area contributed by atoms with E-state index in [1.54, 1.807) is 13.8 Å². The second-order valence-electron chi connectivity index (χ2n) is 7.96. The number of carboxylic acid groups (broad SMARTS) is 2. The zero-order valence-corrected chi connectivity index (χ0v) is 20.2. The third kappa shape index (κ3) is 12.4. The molecule has 12 nitrogen and oxygen atoms in total. The van der Waals surface area contributed by atoms with Crippen LogP contribution in [-0.4, -0.2) is 82.6 Å². The maximum atomic E-state index is 12.9. The van der Waals surface area contributed by atoms with Gasteiger partial charge in [-0.25, -0.2) is 4.79 Å². The van der Waals surface area contributed by atoms with E-state index in [0.29, 0.717) is 31.6 Å². The Morgan fingerprint density at radius 2 is 1.45 bits per heavy atom. The van der Waals surface area contributed by atoms with Crippen LogP contribution in [0.5, 0.6) is 0 Å². The van der Waals surface area contributed by atoms with E-state index in [-0.39, 0.29) is 6.42 Å². The standard InChI is InChI=1S/C20H37N5O7S/c1-11(2)16(20(31)32)25-19(30)14(10-15(26)27)24-18(29)13(6-4-5-8-21)23-17(28)12(22)7-9-33-3/h11-14,16H,4-10,21-22H2,1-3H3,(H,23,28)(H,24,29)(H,25,30)(H,26,27)(H,31,32). The zero-order chi connectivity index (χ0) is 25.6. The summed E-state index contributed by atoms with van der Waals surface area (Å²) in [5, 5.41) is 25.6. The van der Waals surface area contributed by atoms with Gasteiger partial charge in [0.25, 0.3) is 0 Å². The Balaban J connectivity index is 5.47. The monoisotopic (exact) mass is 491 g/mol. The van der Waals surface area contributed by atoms with Crippen LogP contribution in [0.4, 0.5) is 0 Å². The molecule has 0 aromatic heterocycles. The zero-order valence-electron chi connectivity index (χ0n) is 19.3. The van der Waals surface area contributed by atoms with E-state index in [9.17, 15) is 29.1 Å². The van der Waals surface area contributed by atoms with Crippen molar-refractivity contribution in [3.05, 3.63) is 0 Å². The van der Waals surface area contributed by atoms with E-state index in [0.717, 1.165) is 0 Å². The minimum Gasteiger partial charge on any atom is -0.481 e. The molecule has 0 spiro atoms. The van der Waals surface area contributed by atoms with Crippen LogP contribution >= 0.6 is 11.8 Å². The van der Waals surface area contributed by atoms with Crippen molar-refractivity contribution in [1.82, 2.24) is 16.0 Å². The van der Waals surface area contributed by atoms with Crippen molar-refractivity contribution in [2.75, 3.05) is 18.6 Å². The quantitative estimate of drug-likeness (QED) is 0.121. The van der Waals surface area contributed by atoms with Crippen molar-refractivity contribution < 1.29 is 34.2 Å². The first-order valence-electron chi connectivity index (χ1n) is 10.7. The molecule has 0 aliphatic rings. The Kier molecular flexibility index (Phi) is 15.1. The highest BCUT2D eigenvalue weighted by Crippen LogP contribution is 2.07. The molecule has 0 heterocycles. The molecule has 0 bridgehead atoms. The normalized spacial score (nSPS) is 14.6. The lowest BCUT2D eigenvalue weighted by molar-refractivity contribution is -0.144. The molecular weight excluding hydrogens is 454 g/mol. The first-order chi connectivity index (χ1) is 15.4. The fourth-order valence-corrected chi connectivity index (χ4v) is 3.33. The summed E-state index contributed by atoms with van der Waals surface area (Å²) in [6.07, 6.45) is 2.80. The number of thioether (sulfide) groups is 1. The number of nitrogens with one attached hydrogen (secondary N) is 3. The fourth-order valence-electron chi connectivity index (χ4n) is 2.84. The number of hydrogen-bond acceptors (Lipinski definition) is 8. The van der Waals surface area contributed by atoms with Gasteiger partial charge in [0.1, 0.15) is 18.1 Å². The van der Waals surface area contributed by atoms with Gasteiger partial charge in [-0.2, -0.15) is 11.8 Å². The third-order valence-electron chi connectivity index (χ3n) is 4.79. The number of nitrogens with two attached hydrogens (primary N) is 2. The molecule has 0 aliphatic heterocycles. The van der Waals surface area contributed by atoms with Crippen molar-refractivity contribution in [2.45, 2.75) is 70.1 Å². The van der Waals surface area contributed by atoms with E-state index >= 15 is 0 Å². The molecule has 190 valence electrons. The van der Waals surface area contributed by atoms with Gasteiger partial charge in [0, 0.05) is 0 Å². The van der Waals surface area contributed by atoms with Crippen molar-refractivity contribution in [3.63, 3.8) is 0 Å². The Labute approximate surface area is 198 Å². The van der Waals surface area contributed by atoms with E-state index in [1.165, 1.54) is 11.8 Å². The summed E-state index contributed by atoms with van der Waals surface area (Å²) in [6.45, 7) is 3.53. The number of hydrogen-bond donors (Lipinski definition) is 7. The topological polar surface area (TPSA) is 214 Å². The maximum Gasteiger partial charge on any atom is 0.326 e. The second kappa shape index (κ2) is 16.3. The van der Waals surface area contributed by atoms with E-state index in [1.807, 2.05) is 6.26 Å². The van der Waals surface area contributed by atoms with Crippen molar-refractivity contribution in [1.29, 1.82) is 0 Å². The molecule has 0 fully saturated rings. The highest BCUT2D eigenvalue weighted by atomic mass is 32.2. The second-order valence-corrected chi connectivity index (χ2v) is 8.95. The summed E-state index contributed by atoms with van der Waals surface area (Å²) in [6, 6.07) is -4.69. The first-order valence-corrected chi connectivity index (χ1v) is 12.1. The third-order valence-corrected chi connectivity index (χ3v) is 5.44. The van der Waals surface area contributed by atoms with Crippen LogP contribution in [0.3, 0.4) is 0 Å². The molecule has 0 saturated carbocycles.